The van der Waals surface area contributed by atoms with Crippen molar-refractivity contribution in [1.29, 1.82) is 0 Å². The summed E-state index contributed by atoms with van der Waals surface area (Å²) in [6, 6.07) is 7.51. The highest BCUT2D eigenvalue weighted by Crippen LogP contribution is 2.25. The lowest BCUT2D eigenvalue weighted by Gasteiger charge is -2.19. The zero-order valence-electron chi connectivity index (χ0n) is 10.8. The Morgan fingerprint density at radius 1 is 1.37 bits per heavy atom. The molecule has 0 aliphatic carbocycles. The fourth-order valence-corrected chi connectivity index (χ4v) is 3.70. The van der Waals surface area contributed by atoms with Crippen LogP contribution in [0.2, 0.25) is 0 Å². The van der Waals surface area contributed by atoms with Crippen LogP contribution in [0.5, 0.6) is 0 Å². The van der Waals surface area contributed by atoms with E-state index in [2.05, 4.69) is 51.7 Å². The minimum atomic E-state index is -0.166. The molecule has 1 nitrogen and oxygen atoms in total. The molecule has 1 aromatic carbocycles. The van der Waals surface area contributed by atoms with Crippen molar-refractivity contribution in [2.24, 2.45) is 0 Å². The van der Waals surface area contributed by atoms with E-state index in [1.807, 2.05) is 6.07 Å². The number of hydrogen-bond acceptors (Lipinski definition) is 2. The van der Waals surface area contributed by atoms with Crippen molar-refractivity contribution in [3.63, 3.8) is 0 Å². The Balaban J connectivity index is 2.10. The maximum absolute atomic E-state index is 13.2. The van der Waals surface area contributed by atoms with Crippen LogP contribution in [-0.2, 0) is 6.42 Å². The third-order valence-corrected chi connectivity index (χ3v) is 4.76. The zero-order valence-corrected chi connectivity index (χ0v) is 13.8. The standard InChI is InChI=1S/C15H17FINS/c1-2-18-15(6-3-11-7-8-19-10-11)13-5-4-12(16)9-14(13)17/h4-5,7-10,15,18H,2-3,6H2,1H3. The monoisotopic (exact) mass is 389 g/mol. The van der Waals surface area contributed by atoms with Crippen molar-refractivity contribution >= 4 is 33.9 Å². The first-order valence-corrected chi connectivity index (χ1v) is 8.42. The number of aryl methyl sites for hydroxylation is 1. The summed E-state index contributed by atoms with van der Waals surface area (Å²) in [5, 5.41) is 7.80. The predicted molar refractivity (Wildman–Crippen MR) is 88.2 cm³/mol. The molecule has 0 amide bonds. The molecular weight excluding hydrogens is 372 g/mol. The molecule has 1 aromatic heterocycles. The lowest BCUT2D eigenvalue weighted by atomic mass is 10.00. The smallest absolute Gasteiger partial charge is 0.124 e. The van der Waals surface area contributed by atoms with Crippen molar-refractivity contribution in [1.82, 2.24) is 5.32 Å². The van der Waals surface area contributed by atoms with Crippen LogP contribution >= 0.6 is 33.9 Å². The van der Waals surface area contributed by atoms with Crippen LogP contribution in [0.4, 0.5) is 4.39 Å². The Hall–Kier alpha value is -0.460. The molecule has 0 saturated heterocycles. The molecule has 0 spiro atoms. The average molecular weight is 389 g/mol. The first-order chi connectivity index (χ1) is 9.20. The van der Waals surface area contributed by atoms with Gasteiger partial charge in [-0.1, -0.05) is 13.0 Å². The van der Waals surface area contributed by atoms with Gasteiger partial charge < -0.3 is 5.32 Å². The highest BCUT2D eigenvalue weighted by molar-refractivity contribution is 14.1. The van der Waals surface area contributed by atoms with Crippen LogP contribution in [0.1, 0.15) is 30.5 Å². The Morgan fingerprint density at radius 3 is 2.84 bits per heavy atom. The van der Waals surface area contributed by atoms with Gasteiger partial charge in [-0.3, -0.25) is 0 Å². The maximum Gasteiger partial charge on any atom is 0.124 e. The summed E-state index contributed by atoms with van der Waals surface area (Å²) in [6.07, 6.45) is 2.08. The summed E-state index contributed by atoms with van der Waals surface area (Å²) < 4.78 is 14.2. The van der Waals surface area contributed by atoms with Crippen molar-refractivity contribution in [3.8, 4) is 0 Å². The molecule has 19 heavy (non-hydrogen) atoms. The van der Waals surface area contributed by atoms with Gasteiger partial charge in [0.2, 0.25) is 0 Å². The molecule has 0 fully saturated rings. The van der Waals surface area contributed by atoms with Gasteiger partial charge in [0.05, 0.1) is 0 Å². The largest absolute Gasteiger partial charge is 0.310 e. The van der Waals surface area contributed by atoms with E-state index in [1.165, 1.54) is 11.1 Å². The molecule has 0 saturated carbocycles. The van der Waals surface area contributed by atoms with Gasteiger partial charge in [-0.05, 0) is 82.1 Å². The van der Waals surface area contributed by atoms with Crippen LogP contribution in [0, 0.1) is 9.39 Å². The van der Waals surface area contributed by atoms with Gasteiger partial charge in [0.15, 0.2) is 0 Å². The summed E-state index contributed by atoms with van der Waals surface area (Å²) in [5.74, 6) is -0.166. The van der Waals surface area contributed by atoms with Gasteiger partial charge in [0, 0.05) is 9.61 Å². The molecule has 4 heteroatoms. The second-order valence-electron chi connectivity index (χ2n) is 4.45. The van der Waals surface area contributed by atoms with Gasteiger partial charge in [-0.2, -0.15) is 11.3 Å². The molecule has 1 N–H and O–H groups in total. The average Bonchev–Trinajstić information content (AvgIpc) is 2.88. The second-order valence-corrected chi connectivity index (χ2v) is 6.39. The van der Waals surface area contributed by atoms with E-state index in [0.717, 1.165) is 23.0 Å². The first kappa shape index (κ1) is 14.9. The third-order valence-electron chi connectivity index (χ3n) is 3.09. The van der Waals surface area contributed by atoms with Crippen LogP contribution in [0.3, 0.4) is 0 Å². The topological polar surface area (TPSA) is 12.0 Å². The highest BCUT2D eigenvalue weighted by Gasteiger charge is 2.14. The highest BCUT2D eigenvalue weighted by atomic mass is 127. The number of rotatable bonds is 6. The van der Waals surface area contributed by atoms with Crippen molar-refractivity contribution in [2.45, 2.75) is 25.8 Å². The number of nitrogens with one attached hydrogen (secondary N) is 1. The van der Waals surface area contributed by atoms with Crippen molar-refractivity contribution in [3.05, 3.63) is 55.5 Å². The molecule has 0 radical (unpaired) electrons. The minimum absolute atomic E-state index is 0.166. The van der Waals surface area contributed by atoms with Crippen molar-refractivity contribution < 1.29 is 4.39 Å². The molecule has 0 aliphatic rings. The molecule has 1 heterocycles. The summed E-state index contributed by atoms with van der Waals surface area (Å²) in [7, 11) is 0. The molecule has 102 valence electrons. The number of halogens is 2. The number of hydrogen-bond donors (Lipinski definition) is 1. The maximum atomic E-state index is 13.2. The minimum Gasteiger partial charge on any atom is -0.310 e. The third kappa shape index (κ3) is 4.26. The van der Waals surface area contributed by atoms with E-state index >= 15 is 0 Å². The first-order valence-electron chi connectivity index (χ1n) is 6.40. The fraction of sp³-hybridized carbons (Fsp3) is 0.333. The van der Waals surface area contributed by atoms with Crippen LogP contribution < -0.4 is 5.32 Å². The molecule has 2 rings (SSSR count). The summed E-state index contributed by atoms with van der Waals surface area (Å²) in [4.78, 5) is 0. The van der Waals surface area contributed by atoms with E-state index in [0.29, 0.717) is 0 Å². The van der Waals surface area contributed by atoms with Gasteiger partial charge in [0.1, 0.15) is 5.82 Å². The molecular formula is C15H17FINS. The lowest BCUT2D eigenvalue weighted by molar-refractivity contribution is 0.512. The Kier molecular flexibility index (Phi) is 5.78. The van der Waals surface area contributed by atoms with E-state index in [1.54, 1.807) is 23.5 Å². The fourth-order valence-electron chi connectivity index (χ4n) is 2.14. The van der Waals surface area contributed by atoms with Crippen LogP contribution in [0.25, 0.3) is 0 Å². The molecule has 0 bridgehead atoms. The van der Waals surface area contributed by atoms with Gasteiger partial charge in [0.25, 0.3) is 0 Å². The predicted octanol–water partition coefficient (Wildman–Crippen LogP) is 4.78. The Morgan fingerprint density at radius 2 is 2.21 bits per heavy atom. The summed E-state index contributed by atoms with van der Waals surface area (Å²) in [5.41, 5.74) is 2.57. The second kappa shape index (κ2) is 7.36. The van der Waals surface area contributed by atoms with Gasteiger partial charge in [-0.25, -0.2) is 4.39 Å². The Labute approximate surface area is 131 Å². The molecule has 1 unspecified atom stereocenters. The van der Waals surface area contributed by atoms with Crippen LogP contribution in [0.15, 0.2) is 35.0 Å². The van der Waals surface area contributed by atoms with Crippen LogP contribution in [-0.4, -0.2) is 6.54 Å². The van der Waals surface area contributed by atoms with Crippen molar-refractivity contribution in [2.75, 3.05) is 6.54 Å². The molecule has 2 aromatic rings. The summed E-state index contributed by atoms with van der Waals surface area (Å²) >= 11 is 3.95. The molecule has 1 atom stereocenters. The quantitative estimate of drug-likeness (QED) is 0.702. The normalized spacial score (nSPS) is 12.6. The Bertz CT molecular complexity index is 513. The van der Waals surface area contributed by atoms with Gasteiger partial charge >= 0.3 is 0 Å². The van der Waals surface area contributed by atoms with E-state index < -0.39 is 0 Å². The van der Waals surface area contributed by atoms with E-state index in [9.17, 15) is 4.39 Å². The summed E-state index contributed by atoms with van der Waals surface area (Å²) in [6.45, 7) is 3.02. The number of benzene rings is 1. The van der Waals surface area contributed by atoms with E-state index in [-0.39, 0.29) is 11.9 Å². The number of thiophene rings is 1. The zero-order chi connectivity index (χ0) is 13.7. The van der Waals surface area contributed by atoms with Gasteiger partial charge in [-0.15, -0.1) is 0 Å². The SMILES string of the molecule is CCNC(CCc1ccsc1)c1ccc(F)cc1I. The molecule has 0 aliphatic heterocycles. The van der Waals surface area contributed by atoms with E-state index in [4.69, 9.17) is 0 Å². The lowest BCUT2D eigenvalue weighted by Crippen LogP contribution is -2.22.